The largest absolute Gasteiger partial charge is 0.375 e. The molecule has 0 bridgehead atoms. The Balaban J connectivity index is 1.64. The Bertz CT molecular complexity index is 837. The smallest absolute Gasteiger partial charge is 0.254 e. The van der Waals surface area contributed by atoms with Crippen molar-refractivity contribution in [1.82, 2.24) is 19.9 Å². The minimum Gasteiger partial charge on any atom is -0.375 e. The van der Waals surface area contributed by atoms with Crippen molar-refractivity contribution in [2.75, 3.05) is 12.3 Å². The van der Waals surface area contributed by atoms with E-state index >= 15 is 0 Å². The highest BCUT2D eigenvalue weighted by molar-refractivity contribution is 7.22. The Kier molecular flexibility index (Phi) is 2.68. The van der Waals surface area contributed by atoms with Crippen LogP contribution in [0.5, 0.6) is 0 Å². The highest BCUT2D eigenvalue weighted by atomic mass is 32.1. The van der Waals surface area contributed by atoms with Crippen molar-refractivity contribution < 1.29 is 4.79 Å². The van der Waals surface area contributed by atoms with Crippen LogP contribution in [0.3, 0.4) is 0 Å². The van der Waals surface area contributed by atoms with Gasteiger partial charge < -0.3 is 15.6 Å². The molecule has 3 aromatic rings. The number of thiazole rings is 1. The third kappa shape index (κ3) is 2.06. The Morgan fingerprint density at radius 2 is 2.33 bits per heavy atom. The minimum atomic E-state index is 0.0316. The third-order valence-corrected chi connectivity index (χ3v) is 4.56. The molecule has 21 heavy (non-hydrogen) atoms. The highest BCUT2D eigenvalue weighted by Crippen LogP contribution is 2.26. The van der Waals surface area contributed by atoms with Crippen LogP contribution in [0.25, 0.3) is 10.2 Å². The van der Waals surface area contributed by atoms with Gasteiger partial charge in [0.1, 0.15) is 0 Å². The van der Waals surface area contributed by atoms with Gasteiger partial charge in [0.15, 0.2) is 5.13 Å². The number of H-pyrrole nitrogens is 1. The van der Waals surface area contributed by atoms with E-state index in [-0.39, 0.29) is 5.91 Å². The Hall–Kier alpha value is -2.41. The van der Waals surface area contributed by atoms with Crippen LogP contribution in [0.1, 0.15) is 21.7 Å². The second-order valence-electron chi connectivity index (χ2n) is 5.04. The van der Waals surface area contributed by atoms with Crippen molar-refractivity contribution in [3.63, 3.8) is 0 Å². The Labute approximate surface area is 124 Å². The summed E-state index contributed by atoms with van der Waals surface area (Å²) in [5.74, 6) is 0.0316. The molecule has 0 fully saturated rings. The normalized spacial score (nSPS) is 14.4. The standard InChI is InChI=1S/C14H13N5OS/c15-14-18-10-2-1-8(5-12(10)21-14)13(20)19-4-3-9-11(6-19)17-7-16-9/h1-2,5,7H,3-4,6H2,(H2,15,18)(H,16,17). The number of nitrogens with zero attached hydrogens (tertiary/aromatic N) is 3. The number of carbonyl (C=O) groups excluding carboxylic acids is 1. The zero-order chi connectivity index (χ0) is 14.4. The van der Waals surface area contributed by atoms with E-state index in [9.17, 15) is 4.79 Å². The lowest BCUT2D eigenvalue weighted by Gasteiger charge is -2.26. The second-order valence-corrected chi connectivity index (χ2v) is 6.10. The number of rotatable bonds is 1. The SMILES string of the molecule is Nc1nc2ccc(C(=O)N3CCc4nc[nH]c4C3)cc2s1. The van der Waals surface area contributed by atoms with Gasteiger partial charge in [-0.1, -0.05) is 11.3 Å². The molecule has 1 amide bonds. The lowest BCUT2D eigenvalue weighted by atomic mass is 10.1. The summed E-state index contributed by atoms with van der Waals surface area (Å²) in [7, 11) is 0. The summed E-state index contributed by atoms with van der Waals surface area (Å²) >= 11 is 1.40. The molecule has 1 aliphatic rings. The van der Waals surface area contributed by atoms with E-state index < -0.39 is 0 Å². The van der Waals surface area contributed by atoms with E-state index in [2.05, 4.69) is 15.0 Å². The molecule has 2 aromatic heterocycles. The molecule has 0 unspecified atom stereocenters. The number of fused-ring (bicyclic) bond motifs is 2. The van der Waals surface area contributed by atoms with Gasteiger partial charge >= 0.3 is 0 Å². The van der Waals surface area contributed by atoms with Gasteiger partial charge in [-0.3, -0.25) is 4.79 Å². The molecule has 1 aromatic carbocycles. The fourth-order valence-corrected chi connectivity index (χ4v) is 3.42. The summed E-state index contributed by atoms with van der Waals surface area (Å²) in [6.07, 6.45) is 2.48. The summed E-state index contributed by atoms with van der Waals surface area (Å²) in [6.45, 7) is 1.27. The van der Waals surface area contributed by atoms with E-state index in [1.165, 1.54) is 11.3 Å². The predicted octanol–water partition coefficient (Wildman–Crippen LogP) is 1.80. The number of hydrogen-bond donors (Lipinski definition) is 2. The monoisotopic (exact) mass is 299 g/mol. The van der Waals surface area contributed by atoms with Gasteiger partial charge in [-0.05, 0) is 18.2 Å². The molecule has 106 valence electrons. The molecule has 3 heterocycles. The zero-order valence-electron chi connectivity index (χ0n) is 11.2. The third-order valence-electron chi connectivity index (χ3n) is 3.71. The first-order valence-corrected chi connectivity index (χ1v) is 7.49. The maximum absolute atomic E-state index is 12.6. The van der Waals surface area contributed by atoms with Crippen LogP contribution in [0.4, 0.5) is 5.13 Å². The molecule has 0 atom stereocenters. The Morgan fingerprint density at radius 1 is 1.43 bits per heavy atom. The molecule has 0 radical (unpaired) electrons. The number of aromatic nitrogens is 3. The molecule has 3 N–H and O–H groups in total. The van der Waals surface area contributed by atoms with Crippen LogP contribution in [0.2, 0.25) is 0 Å². The quantitative estimate of drug-likeness (QED) is 0.717. The van der Waals surface area contributed by atoms with Crippen molar-refractivity contribution in [1.29, 1.82) is 0 Å². The zero-order valence-corrected chi connectivity index (χ0v) is 12.0. The van der Waals surface area contributed by atoms with Crippen molar-refractivity contribution in [3.8, 4) is 0 Å². The molecule has 6 nitrogen and oxygen atoms in total. The average molecular weight is 299 g/mol. The van der Waals surface area contributed by atoms with Gasteiger partial charge in [-0.25, -0.2) is 9.97 Å². The first kappa shape index (κ1) is 12.3. The number of anilines is 1. The molecule has 0 saturated heterocycles. The number of carbonyl (C=O) groups is 1. The van der Waals surface area contributed by atoms with Crippen LogP contribution in [0.15, 0.2) is 24.5 Å². The van der Waals surface area contributed by atoms with Crippen LogP contribution in [0, 0.1) is 0 Å². The summed E-state index contributed by atoms with van der Waals surface area (Å²) in [5, 5.41) is 0.523. The van der Waals surface area contributed by atoms with Gasteiger partial charge in [0.25, 0.3) is 5.91 Å². The van der Waals surface area contributed by atoms with Crippen molar-refractivity contribution in [2.24, 2.45) is 0 Å². The maximum atomic E-state index is 12.6. The summed E-state index contributed by atoms with van der Waals surface area (Å²) < 4.78 is 0.942. The van der Waals surface area contributed by atoms with Gasteiger partial charge in [-0.15, -0.1) is 0 Å². The van der Waals surface area contributed by atoms with Crippen LogP contribution in [-0.4, -0.2) is 32.3 Å². The van der Waals surface area contributed by atoms with E-state index in [1.807, 2.05) is 23.1 Å². The number of nitrogen functional groups attached to an aromatic ring is 1. The average Bonchev–Trinajstić information content (AvgIpc) is 3.09. The van der Waals surface area contributed by atoms with E-state index in [1.54, 1.807) is 6.33 Å². The van der Waals surface area contributed by atoms with Crippen LogP contribution < -0.4 is 5.73 Å². The fourth-order valence-electron chi connectivity index (χ4n) is 2.64. The summed E-state index contributed by atoms with van der Waals surface area (Å²) in [4.78, 5) is 26.0. The number of imidazole rings is 1. The molecule has 4 rings (SSSR count). The van der Waals surface area contributed by atoms with E-state index in [0.29, 0.717) is 23.8 Å². The first-order chi connectivity index (χ1) is 10.2. The molecule has 0 spiro atoms. The number of aromatic amines is 1. The van der Waals surface area contributed by atoms with E-state index in [4.69, 9.17) is 5.73 Å². The fraction of sp³-hybridized carbons (Fsp3) is 0.214. The molecule has 0 aliphatic carbocycles. The Morgan fingerprint density at radius 3 is 3.24 bits per heavy atom. The van der Waals surface area contributed by atoms with Crippen molar-refractivity contribution >= 4 is 32.6 Å². The predicted molar refractivity (Wildman–Crippen MR) is 81.1 cm³/mol. The summed E-state index contributed by atoms with van der Waals surface area (Å²) in [6, 6.07) is 5.53. The van der Waals surface area contributed by atoms with Crippen molar-refractivity contribution in [3.05, 3.63) is 41.5 Å². The van der Waals surface area contributed by atoms with Gasteiger partial charge in [0.2, 0.25) is 0 Å². The molecular formula is C14H13N5OS. The minimum absolute atomic E-state index is 0.0316. The number of benzene rings is 1. The number of nitrogens with one attached hydrogen (secondary N) is 1. The number of nitrogens with two attached hydrogens (primary N) is 1. The highest BCUT2D eigenvalue weighted by Gasteiger charge is 2.23. The topological polar surface area (TPSA) is 87.9 Å². The number of hydrogen-bond acceptors (Lipinski definition) is 5. The lowest BCUT2D eigenvalue weighted by molar-refractivity contribution is 0.0732. The van der Waals surface area contributed by atoms with E-state index in [0.717, 1.165) is 28.0 Å². The second kappa shape index (κ2) is 4.56. The first-order valence-electron chi connectivity index (χ1n) is 6.67. The lowest BCUT2D eigenvalue weighted by Crippen LogP contribution is -2.36. The summed E-state index contributed by atoms with van der Waals surface area (Å²) in [5.41, 5.74) is 9.30. The number of amides is 1. The van der Waals surface area contributed by atoms with Gasteiger partial charge in [-0.2, -0.15) is 0 Å². The molecule has 1 aliphatic heterocycles. The van der Waals surface area contributed by atoms with Crippen LogP contribution in [-0.2, 0) is 13.0 Å². The molecular weight excluding hydrogens is 286 g/mol. The van der Waals surface area contributed by atoms with Gasteiger partial charge in [0.05, 0.1) is 34.5 Å². The van der Waals surface area contributed by atoms with Gasteiger partial charge in [0, 0.05) is 18.5 Å². The van der Waals surface area contributed by atoms with Crippen LogP contribution >= 0.6 is 11.3 Å². The molecule has 7 heteroatoms. The maximum Gasteiger partial charge on any atom is 0.254 e. The van der Waals surface area contributed by atoms with Crippen molar-refractivity contribution in [2.45, 2.75) is 13.0 Å². The molecule has 0 saturated carbocycles.